The third-order valence-corrected chi connectivity index (χ3v) is 4.51. The van der Waals surface area contributed by atoms with Gasteiger partial charge in [0.15, 0.2) is 5.13 Å². The number of carbonyl (C=O) groups is 1. The second-order valence-electron chi connectivity index (χ2n) is 5.02. The molecule has 2 aromatic rings. The molecule has 2 heterocycles. The predicted octanol–water partition coefficient (Wildman–Crippen LogP) is 3.64. The summed E-state index contributed by atoms with van der Waals surface area (Å²) < 4.78 is 13.3. The lowest BCUT2D eigenvalue weighted by atomic mass is 10.2. The summed E-state index contributed by atoms with van der Waals surface area (Å²) in [7, 11) is 0. The number of halogens is 1. The average Bonchev–Trinajstić information content (AvgIpc) is 3.07. The Balaban J connectivity index is 0.000000924. The van der Waals surface area contributed by atoms with E-state index in [9.17, 15) is 9.18 Å². The third kappa shape index (κ3) is 4.28. The summed E-state index contributed by atoms with van der Waals surface area (Å²) in [6.45, 7) is 8.63. The molecule has 1 amide bonds. The number of hydrogen-bond donors (Lipinski definition) is 0. The molecular weight excluding hydrogens is 313 g/mol. The van der Waals surface area contributed by atoms with Crippen LogP contribution in [-0.4, -0.2) is 42.0 Å². The Kier molecular flexibility index (Phi) is 6.10. The molecule has 0 N–H and O–H groups in total. The lowest BCUT2D eigenvalue weighted by Crippen LogP contribution is -2.48. The van der Waals surface area contributed by atoms with E-state index in [4.69, 9.17) is 0 Å². The Morgan fingerprint density at radius 2 is 1.91 bits per heavy atom. The molecule has 0 bridgehead atoms. The van der Waals surface area contributed by atoms with Crippen molar-refractivity contribution in [3.05, 3.63) is 35.5 Å². The summed E-state index contributed by atoms with van der Waals surface area (Å²) in [5, 5.41) is 2.87. The van der Waals surface area contributed by atoms with Crippen molar-refractivity contribution in [3.63, 3.8) is 0 Å². The molecule has 1 aliphatic heterocycles. The van der Waals surface area contributed by atoms with Gasteiger partial charge in [0.2, 0.25) is 5.91 Å². The highest BCUT2D eigenvalue weighted by atomic mass is 32.1. The molecule has 0 spiro atoms. The van der Waals surface area contributed by atoms with Gasteiger partial charge in [-0.1, -0.05) is 26.0 Å². The minimum absolute atomic E-state index is 0.120. The zero-order chi connectivity index (χ0) is 16.8. The van der Waals surface area contributed by atoms with E-state index in [2.05, 4.69) is 9.88 Å². The fraction of sp³-hybridized carbons (Fsp3) is 0.412. The van der Waals surface area contributed by atoms with Gasteiger partial charge in [-0.3, -0.25) is 4.79 Å². The summed E-state index contributed by atoms with van der Waals surface area (Å²) in [5.41, 5.74) is 1.59. The number of benzene rings is 1. The van der Waals surface area contributed by atoms with Crippen LogP contribution in [-0.2, 0) is 4.79 Å². The number of hydrogen-bond acceptors (Lipinski definition) is 4. The normalized spacial score (nSPS) is 14.3. The van der Waals surface area contributed by atoms with E-state index in [-0.39, 0.29) is 11.7 Å². The standard InChI is InChI=1S/C15H16FN3OS.C2H6/c1-11(20)18-5-7-19(8-6-18)15-17-14(10-21-15)12-3-2-4-13(16)9-12;1-2/h2-4,9-10H,5-8H2,1H3;1-2H3. The van der Waals surface area contributed by atoms with Crippen molar-refractivity contribution in [1.82, 2.24) is 9.88 Å². The van der Waals surface area contributed by atoms with Crippen molar-refractivity contribution in [2.24, 2.45) is 0 Å². The zero-order valence-corrected chi connectivity index (χ0v) is 14.6. The molecule has 1 aromatic heterocycles. The third-order valence-electron chi connectivity index (χ3n) is 3.61. The topological polar surface area (TPSA) is 36.4 Å². The molecule has 124 valence electrons. The van der Waals surface area contributed by atoms with E-state index >= 15 is 0 Å². The molecule has 1 aromatic carbocycles. The quantitative estimate of drug-likeness (QED) is 0.841. The highest BCUT2D eigenvalue weighted by molar-refractivity contribution is 7.14. The van der Waals surface area contributed by atoms with Crippen LogP contribution in [0.3, 0.4) is 0 Å². The van der Waals surface area contributed by atoms with Crippen LogP contribution in [0.15, 0.2) is 29.6 Å². The van der Waals surface area contributed by atoms with Gasteiger partial charge in [0.05, 0.1) is 5.69 Å². The first-order chi connectivity index (χ1) is 11.1. The van der Waals surface area contributed by atoms with Gasteiger partial charge in [0.1, 0.15) is 5.82 Å². The van der Waals surface area contributed by atoms with Gasteiger partial charge in [0, 0.05) is 44.0 Å². The van der Waals surface area contributed by atoms with Crippen molar-refractivity contribution in [1.29, 1.82) is 0 Å². The Bertz CT molecular complexity index is 651. The number of nitrogens with zero attached hydrogens (tertiary/aromatic N) is 3. The highest BCUT2D eigenvalue weighted by Gasteiger charge is 2.20. The molecule has 1 fully saturated rings. The van der Waals surface area contributed by atoms with Crippen LogP contribution in [0.1, 0.15) is 20.8 Å². The van der Waals surface area contributed by atoms with E-state index in [0.717, 1.165) is 42.6 Å². The number of anilines is 1. The first kappa shape index (κ1) is 17.4. The average molecular weight is 335 g/mol. The van der Waals surface area contributed by atoms with Gasteiger partial charge in [-0.15, -0.1) is 11.3 Å². The number of carbonyl (C=O) groups excluding carboxylic acids is 1. The Morgan fingerprint density at radius 3 is 2.52 bits per heavy atom. The Morgan fingerprint density at radius 1 is 1.22 bits per heavy atom. The summed E-state index contributed by atoms with van der Waals surface area (Å²) in [5.74, 6) is -0.133. The largest absolute Gasteiger partial charge is 0.345 e. The monoisotopic (exact) mass is 335 g/mol. The van der Waals surface area contributed by atoms with Gasteiger partial charge in [-0.2, -0.15) is 0 Å². The van der Waals surface area contributed by atoms with Gasteiger partial charge < -0.3 is 9.80 Å². The SMILES string of the molecule is CC.CC(=O)N1CCN(c2nc(-c3cccc(F)c3)cs2)CC1. The molecule has 0 unspecified atom stereocenters. The van der Waals surface area contributed by atoms with Gasteiger partial charge in [0.25, 0.3) is 0 Å². The van der Waals surface area contributed by atoms with E-state index in [1.54, 1.807) is 24.3 Å². The van der Waals surface area contributed by atoms with Gasteiger partial charge in [-0.25, -0.2) is 9.37 Å². The molecule has 0 aliphatic carbocycles. The number of piperazine rings is 1. The van der Waals surface area contributed by atoms with Crippen LogP contribution >= 0.6 is 11.3 Å². The molecule has 1 aliphatic rings. The van der Waals surface area contributed by atoms with Crippen LogP contribution in [0.2, 0.25) is 0 Å². The van der Waals surface area contributed by atoms with Crippen molar-refractivity contribution in [2.45, 2.75) is 20.8 Å². The van der Waals surface area contributed by atoms with Crippen LogP contribution in [0, 0.1) is 5.82 Å². The molecule has 6 heteroatoms. The molecule has 0 saturated carbocycles. The van der Waals surface area contributed by atoms with Crippen molar-refractivity contribution >= 4 is 22.4 Å². The number of aromatic nitrogens is 1. The maximum absolute atomic E-state index is 13.3. The summed E-state index contributed by atoms with van der Waals surface area (Å²) in [6, 6.07) is 6.47. The minimum atomic E-state index is -0.253. The van der Waals surface area contributed by atoms with Crippen LogP contribution < -0.4 is 4.90 Å². The Labute approximate surface area is 140 Å². The molecule has 0 atom stereocenters. The van der Waals surface area contributed by atoms with Crippen molar-refractivity contribution in [3.8, 4) is 11.3 Å². The second kappa shape index (κ2) is 8.06. The Hall–Kier alpha value is -1.95. The minimum Gasteiger partial charge on any atom is -0.345 e. The molecule has 0 radical (unpaired) electrons. The maximum Gasteiger partial charge on any atom is 0.219 e. The fourth-order valence-electron chi connectivity index (χ4n) is 2.40. The first-order valence-electron chi connectivity index (χ1n) is 7.85. The lowest BCUT2D eigenvalue weighted by molar-refractivity contribution is -0.129. The lowest BCUT2D eigenvalue weighted by Gasteiger charge is -2.33. The zero-order valence-electron chi connectivity index (χ0n) is 13.8. The second-order valence-corrected chi connectivity index (χ2v) is 5.86. The first-order valence-corrected chi connectivity index (χ1v) is 8.73. The molecule has 3 rings (SSSR count). The molecule has 4 nitrogen and oxygen atoms in total. The molecule has 1 saturated heterocycles. The van der Waals surface area contributed by atoms with Crippen molar-refractivity contribution < 1.29 is 9.18 Å². The highest BCUT2D eigenvalue weighted by Crippen LogP contribution is 2.28. The summed E-state index contributed by atoms with van der Waals surface area (Å²) in [4.78, 5) is 19.9. The van der Waals surface area contributed by atoms with E-state index in [1.807, 2.05) is 30.2 Å². The van der Waals surface area contributed by atoms with E-state index in [0.29, 0.717) is 0 Å². The molecular formula is C17H22FN3OS. The van der Waals surface area contributed by atoms with Crippen molar-refractivity contribution in [2.75, 3.05) is 31.1 Å². The van der Waals surface area contributed by atoms with E-state index in [1.165, 1.54) is 12.1 Å². The maximum atomic E-state index is 13.3. The predicted molar refractivity (Wildman–Crippen MR) is 93.3 cm³/mol. The fourth-order valence-corrected chi connectivity index (χ4v) is 3.29. The number of rotatable bonds is 2. The smallest absolute Gasteiger partial charge is 0.219 e. The van der Waals surface area contributed by atoms with E-state index < -0.39 is 0 Å². The van der Waals surface area contributed by atoms with Crippen LogP contribution in [0.5, 0.6) is 0 Å². The summed E-state index contributed by atoms with van der Waals surface area (Å²) >= 11 is 1.56. The summed E-state index contributed by atoms with van der Waals surface area (Å²) in [6.07, 6.45) is 0. The number of thiazole rings is 1. The van der Waals surface area contributed by atoms with Gasteiger partial charge in [-0.05, 0) is 12.1 Å². The van der Waals surface area contributed by atoms with Crippen LogP contribution in [0.25, 0.3) is 11.3 Å². The van der Waals surface area contributed by atoms with Crippen LogP contribution in [0.4, 0.5) is 9.52 Å². The number of amides is 1. The molecule has 23 heavy (non-hydrogen) atoms. The van der Waals surface area contributed by atoms with Gasteiger partial charge >= 0.3 is 0 Å².